The predicted molar refractivity (Wildman–Crippen MR) is 77.0 cm³/mol. The molecule has 2 aromatic carbocycles. The quantitative estimate of drug-likeness (QED) is 0.828. The first-order valence-corrected chi connectivity index (χ1v) is 6.66. The average molecular weight is 357 g/mol. The van der Waals surface area contributed by atoms with E-state index in [1.54, 1.807) is 0 Å². The van der Waals surface area contributed by atoms with E-state index in [1.807, 2.05) is 42.5 Å². The highest BCUT2D eigenvalue weighted by Gasteiger charge is 2.05. The second kappa shape index (κ2) is 5.56. The Hall–Kier alpha value is -1.00. The van der Waals surface area contributed by atoms with Gasteiger partial charge in [-0.15, -0.1) is 0 Å². The summed E-state index contributed by atoms with van der Waals surface area (Å²) >= 11 is 6.82. The Kier molecular flexibility index (Phi) is 4.07. The second-order valence-corrected chi connectivity index (χ2v) is 5.34. The third kappa shape index (κ3) is 3.23. The third-order valence-corrected chi connectivity index (χ3v) is 3.45. The van der Waals surface area contributed by atoms with E-state index in [0.29, 0.717) is 18.0 Å². The summed E-state index contributed by atoms with van der Waals surface area (Å²) in [5.74, 6) is 0.690. The van der Waals surface area contributed by atoms with Crippen molar-refractivity contribution in [1.29, 1.82) is 0 Å². The minimum Gasteiger partial charge on any atom is -0.486 e. The zero-order valence-electron chi connectivity index (χ0n) is 8.99. The summed E-state index contributed by atoms with van der Waals surface area (Å²) in [5, 5.41) is 0. The van der Waals surface area contributed by atoms with Crippen LogP contribution in [0.2, 0.25) is 0 Å². The van der Waals surface area contributed by atoms with E-state index in [9.17, 15) is 0 Å². The van der Waals surface area contributed by atoms with Crippen LogP contribution in [0.1, 0.15) is 5.56 Å². The SMILES string of the molecule is Nc1cccc(Br)c1OCc1ccc(Br)cc1. The molecule has 2 rings (SSSR count). The first-order chi connectivity index (χ1) is 8.16. The molecule has 2 aromatic rings. The number of nitrogens with two attached hydrogens (primary N) is 1. The van der Waals surface area contributed by atoms with Crippen molar-refractivity contribution in [3.63, 3.8) is 0 Å². The van der Waals surface area contributed by atoms with Crippen molar-refractivity contribution in [3.05, 3.63) is 57.0 Å². The van der Waals surface area contributed by atoms with Gasteiger partial charge < -0.3 is 10.5 Å². The summed E-state index contributed by atoms with van der Waals surface area (Å²) in [6.07, 6.45) is 0. The lowest BCUT2D eigenvalue weighted by Crippen LogP contribution is -1.99. The van der Waals surface area contributed by atoms with E-state index >= 15 is 0 Å². The minimum atomic E-state index is 0.500. The molecule has 0 aliphatic heterocycles. The van der Waals surface area contributed by atoms with Crippen molar-refractivity contribution in [1.82, 2.24) is 0 Å². The van der Waals surface area contributed by atoms with E-state index in [2.05, 4.69) is 31.9 Å². The van der Waals surface area contributed by atoms with Crippen LogP contribution in [0, 0.1) is 0 Å². The Labute approximate surface area is 117 Å². The third-order valence-electron chi connectivity index (χ3n) is 2.29. The molecule has 2 nitrogen and oxygen atoms in total. The molecule has 2 N–H and O–H groups in total. The van der Waals surface area contributed by atoms with Gasteiger partial charge in [-0.25, -0.2) is 0 Å². The molecular weight excluding hydrogens is 346 g/mol. The average Bonchev–Trinajstić information content (AvgIpc) is 2.31. The molecule has 0 heterocycles. The topological polar surface area (TPSA) is 35.2 Å². The molecule has 88 valence electrons. The normalized spacial score (nSPS) is 10.2. The van der Waals surface area contributed by atoms with Gasteiger partial charge in [-0.05, 0) is 45.8 Å². The summed E-state index contributed by atoms with van der Waals surface area (Å²) in [6.45, 7) is 0.500. The van der Waals surface area contributed by atoms with Crippen LogP contribution >= 0.6 is 31.9 Å². The standard InChI is InChI=1S/C13H11Br2NO/c14-10-6-4-9(5-7-10)8-17-13-11(15)2-1-3-12(13)16/h1-7H,8,16H2. The van der Waals surface area contributed by atoms with E-state index < -0.39 is 0 Å². The van der Waals surface area contributed by atoms with Crippen LogP contribution in [-0.2, 0) is 6.61 Å². The monoisotopic (exact) mass is 355 g/mol. The van der Waals surface area contributed by atoms with Crippen LogP contribution in [0.15, 0.2) is 51.4 Å². The first-order valence-electron chi connectivity index (χ1n) is 5.08. The molecule has 4 heteroatoms. The van der Waals surface area contributed by atoms with Crippen molar-refractivity contribution in [3.8, 4) is 5.75 Å². The molecule has 0 aliphatic carbocycles. The molecule has 0 unspecified atom stereocenters. The highest BCUT2D eigenvalue weighted by Crippen LogP contribution is 2.31. The van der Waals surface area contributed by atoms with Gasteiger partial charge in [0.25, 0.3) is 0 Å². The molecule has 0 atom stereocenters. The number of rotatable bonds is 3. The van der Waals surface area contributed by atoms with Gasteiger partial charge in [0.05, 0.1) is 10.2 Å². The summed E-state index contributed by atoms with van der Waals surface area (Å²) < 4.78 is 7.63. The second-order valence-electron chi connectivity index (χ2n) is 3.57. The van der Waals surface area contributed by atoms with E-state index in [-0.39, 0.29) is 0 Å². The Balaban J connectivity index is 2.10. The maximum Gasteiger partial charge on any atom is 0.156 e. The zero-order valence-corrected chi connectivity index (χ0v) is 12.2. The Morgan fingerprint density at radius 2 is 1.71 bits per heavy atom. The first kappa shape index (κ1) is 12.5. The zero-order chi connectivity index (χ0) is 12.3. The van der Waals surface area contributed by atoms with Gasteiger partial charge in [-0.1, -0.05) is 34.1 Å². The highest BCUT2D eigenvalue weighted by molar-refractivity contribution is 9.10. The summed E-state index contributed by atoms with van der Waals surface area (Å²) in [7, 11) is 0. The molecule has 0 radical (unpaired) electrons. The Bertz CT molecular complexity index is 491. The Morgan fingerprint density at radius 3 is 2.35 bits per heavy atom. The van der Waals surface area contributed by atoms with Crippen molar-refractivity contribution in [2.24, 2.45) is 0 Å². The van der Waals surface area contributed by atoms with Crippen LogP contribution < -0.4 is 10.5 Å². The fraction of sp³-hybridized carbons (Fsp3) is 0.0769. The van der Waals surface area contributed by atoms with Gasteiger partial charge in [0.1, 0.15) is 6.61 Å². The smallest absolute Gasteiger partial charge is 0.156 e. The van der Waals surface area contributed by atoms with Gasteiger partial charge in [-0.3, -0.25) is 0 Å². The van der Waals surface area contributed by atoms with Crippen LogP contribution in [0.3, 0.4) is 0 Å². The lowest BCUT2D eigenvalue weighted by atomic mass is 10.2. The molecule has 17 heavy (non-hydrogen) atoms. The maximum atomic E-state index is 5.85. The summed E-state index contributed by atoms with van der Waals surface area (Å²) in [6, 6.07) is 13.6. The van der Waals surface area contributed by atoms with Crippen LogP contribution in [0.4, 0.5) is 5.69 Å². The van der Waals surface area contributed by atoms with Gasteiger partial charge in [0, 0.05) is 4.47 Å². The number of nitrogen functional groups attached to an aromatic ring is 1. The summed E-state index contributed by atoms with van der Waals surface area (Å²) in [5.41, 5.74) is 7.58. The van der Waals surface area contributed by atoms with Gasteiger partial charge in [0.2, 0.25) is 0 Å². The fourth-order valence-corrected chi connectivity index (χ4v) is 2.17. The highest BCUT2D eigenvalue weighted by atomic mass is 79.9. The van der Waals surface area contributed by atoms with Gasteiger partial charge >= 0.3 is 0 Å². The number of halogens is 2. The number of hydrogen-bond donors (Lipinski definition) is 1. The molecule has 0 aromatic heterocycles. The van der Waals surface area contributed by atoms with E-state index in [0.717, 1.165) is 14.5 Å². The van der Waals surface area contributed by atoms with Crippen molar-refractivity contribution >= 4 is 37.5 Å². The largest absolute Gasteiger partial charge is 0.486 e. The van der Waals surface area contributed by atoms with Gasteiger partial charge in [-0.2, -0.15) is 0 Å². The summed E-state index contributed by atoms with van der Waals surface area (Å²) in [4.78, 5) is 0. The number of anilines is 1. The van der Waals surface area contributed by atoms with Crippen LogP contribution in [0.5, 0.6) is 5.75 Å². The van der Waals surface area contributed by atoms with E-state index in [4.69, 9.17) is 10.5 Å². The lowest BCUT2D eigenvalue weighted by Gasteiger charge is -2.10. The van der Waals surface area contributed by atoms with Crippen molar-refractivity contribution in [2.75, 3.05) is 5.73 Å². The molecule has 0 saturated carbocycles. The van der Waals surface area contributed by atoms with Crippen molar-refractivity contribution < 1.29 is 4.74 Å². The molecule has 0 amide bonds. The molecular formula is C13H11Br2NO. The molecule has 0 spiro atoms. The van der Waals surface area contributed by atoms with Crippen LogP contribution in [-0.4, -0.2) is 0 Å². The predicted octanol–water partition coefficient (Wildman–Crippen LogP) is 4.37. The lowest BCUT2D eigenvalue weighted by molar-refractivity contribution is 0.306. The fourth-order valence-electron chi connectivity index (χ4n) is 1.41. The van der Waals surface area contributed by atoms with Crippen molar-refractivity contribution in [2.45, 2.75) is 6.61 Å². The molecule has 0 saturated heterocycles. The number of hydrogen-bond acceptors (Lipinski definition) is 2. The Morgan fingerprint density at radius 1 is 1.00 bits per heavy atom. The minimum absolute atomic E-state index is 0.500. The molecule has 0 bridgehead atoms. The number of ether oxygens (including phenoxy) is 1. The van der Waals surface area contributed by atoms with Crippen LogP contribution in [0.25, 0.3) is 0 Å². The maximum absolute atomic E-state index is 5.85. The number of benzene rings is 2. The van der Waals surface area contributed by atoms with E-state index in [1.165, 1.54) is 0 Å². The number of para-hydroxylation sites is 1. The molecule has 0 aliphatic rings. The molecule has 0 fully saturated rings. The van der Waals surface area contributed by atoms with Gasteiger partial charge in [0.15, 0.2) is 5.75 Å².